The number of nitrogens with zero attached hydrogens (tertiary/aromatic N) is 1. The zero-order valence-corrected chi connectivity index (χ0v) is 22.2. The van der Waals surface area contributed by atoms with E-state index < -0.39 is 33.1 Å². The molecule has 11 heteroatoms. The molecule has 3 aromatic carbocycles. The zero-order valence-electron chi connectivity index (χ0n) is 21.4. The maximum Gasteiger partial charge on any atom is 0.282 e. The summed E-state index contributed by atoms with van der Waals surface area (Å²) in [6.07, 6.45) is 3.42. The number of fused-ring (bicyclic) bond motifs is 1. The highest BCUT2D eigenvalue weighted by Crippen LogP contribution is 2.43. The number of amides is 1. The standard InChI is InChI=1S/C30H23F2N3O5S/c31-20-7-5-19(25(32)15-20)16-35-26-12-6-18(17-3-4-17)14-24(26)27(23-2-1-13-33-29(23)37)28(35)30(38)34-41(39,40)22-10-8-21(36)9-11-22/h1-2,5-15,17,36H,3-4,16H2,(H,33,37)(H,34,38). The average Bonchev–Trinajstić information content (AvgIpc) is 3.73. The van der Waals surface area contributed by atoms with Gasteiger partial charge in [-0.2, -0.15) is 0 Å². The predicted octanol–water partition coefficient (Wildman–Crippen LogP) is 5.02. The number of phenolic OH excluding ortho intramolecular Hbond substituents is 1. The SMILES string of the molecule is O=C(NS(=O)(=O)c1ccc(O)cc1)c1c(-c2ccc[nH]c2=O)c2cc(C3CC3)ccc2n1Cc1ccc(F)cc1F. The number of phenols is 1. The number of sulfonamides is 1. The van der Waals surface area contributed by atoms with Crippen LogP contribution in [0.5, 0.6) is 5.75 Å². The Hall–Kier alpha value is -4.77. The summed E-state index contributed by atoms with van der Waals surface area (Å²) in [5, 5.41) is 10.1. The lowest BCUT2D eigenvalue weighted by molar-refractivity contribution is 0.0974. The van der Waals surface area contributed by atoms with Crippen LogP contribution in [0.15, 0.2) is 88.7 Å². The lowest BCUT2D eigenvalue weighted by Crippen LogP contribution is -2.33. The number of benzene rings is 3. The van der Waals surface area contributed by atoms with Gasteiger partial charge in [-0.05, 0) is 78.9 Å². The number of H-pyrrole nitrogens is 1. The Kier molecular flexibility index (Phi) is 6.46. The lowest BCUT2D eigenvalue weighted by Gasteiger charge is -2.14. The van der Waals surface area contributed by atoms with E-state index in [1.807, 2.05) is 12.1 Å². The van der Waals surface area contributed by atoms with Crippen molar-refractivity contribution < 1.29 is 27.1 Å². The van der Waals surface area contributed by atoms with E-state index in [1.165, 1.54) is 35.0 Å². The van der Waals surface area contributed by atoms with E-state index >= 15 is 0 Å². The van der Waals surface area contributed by atoms with Crippen molar-refractivity contribution in [1.29, 1.82) is 0 Å². The van der Waals surface area contributed by atoms with Gasteiger partial charge < -0.3 is 14.7 Å². The second-order valence-electron chi connectivity index (χ2n) is 9.94. The molecule has 0 aliphatic heterocycles. The van der Waals surface area contributed by atoms with Crippen molar-refractivity contribution in [3.63, 3.8) is 0 Å². The molecule has 0 spiro atoms. The fraction of sp³-hybridized carbons (Fsp3) is 0.133. The number of carbonyl (C=O) groups excluding carboxylic acids is 1. The number of aromatic hydroxyl groups is 1. The Morgan fingerprint density at radius 3 is 2.46 bits per heavy atom. The highest BCUT2D eigenvalue weighted by molar-refractivity contribution is 7.90. The molecule has 2 heterocycles. The first-order valence-electron chi connectivity index (χ1n) is 12.8. The van der Waals surface area contributed by atoms with Crippen molar-refractivity contribution in [2.24, 2.45) is 0 Å². The van der Waals surface area contributed by atoms with Crippen molar-refractivity contribution >= 4 is 26.8 Å². The maximum atomic E-state index is 14.8. The fourth-order valence-electron chi connectivity index (χ4n) is 5.01. The van der Waals surface area contributed by atoms with Gasteiger partial charge in [-0.3, -0.25) is 9.59 Å². The van der Waals surface area contributed by atoms with Crippen LogP contribution in [0.1, 0.15) is 40.4 Å². The van der Waals surface area contributed by atoms with Gasteiger partial charge in [0, 0.05) is 39.9 Å². The topological polar surface area (TPSA) is 121 Å². The van der Waals surface area contributed by atoms with Gasteiger partial charge in [0.2, 0.25) is 0 Å². The number of hydrogen-bond donors (Lipinski definition) is 3. The molecule has 3 N–H and O–H groups in total. The van der Waals surface area contributed by atoms with Gasteiger partial charge in [-0.15, -0.1) is 0 Å². The summed E-state index contributed by atoms with van der Waals surface area (Å²) in [4.78, 5) is 29.3. The maximum absolute atomic E-state index is 14.8. The van der Waals surface area contributed by atoms with E-state index in [4.69, 9.17) is 0 Å². The van der Waals surface area contributed by atoms with E-state index in [0.29, 0.717) is 16.8 Å². The quantitative estimate of drug-likeness (QED) is 0.252. The van der Waals surface area contributed by atoms with Crippen molar-refractivity contribution in [3.05, 3.63) is 118 Å². The molecule has 8 nitrogen and oxygen atoms in total. The molecule has 0 atom stereocenters. The molecule has 0 saturated heterocycles. The summed E-state index contributed by atoms with van der Waals surface area (Å²) in [6, 6.07) is 16.3. The smallest absolute Gasteiger partial charge is 0.282 e. The molecule has 1 amide bonds. The first-order valence-corrected chi connectivity index (χ1v) is 14.2. The molecular weight excluding hydrogens is 552 g/mol. The molecule has 208 valence electrons. The highest BCUT2D eigenvalue weighted by Gasteiger charge is 2.31. The molecule has 1 saturated carbocycles. The van der Waals surface area contributed by atoms with E-state index in [1.54, 1.807) is 12.1 Å². The van der Waals surface area contributed by atoms with E-state index in [2.05, 4.69) is 9.71 Å². The first kappa shape index (κ1) is 26.5. The van der Waals surface area contributed by atoms with Crippen molar-refractivity contribution in [1.82, 2.24) is 14.3 Å². The minimum Gasteiger partial charge on any atom is -0.508 e. The van der Waals surface area contributed by atoms with Crippen molar-refractivity contribution in [2.75, 3.05) is 0 Å². The van der Waals surface area contributed by atoms with Crippen LogP contribution in [-0.2, 0) is 16.6 Å². The lowest BCUT2D eigenvalue weighted by atomic mass is 10.00. The molecule has 0 unspecified atom stereocenters. The molecule has 0 radical (unpaired) electrons. The number of nitrogens with one attached hydrogen (secondary N) is 2. The Bertz CT molecular complexity index is 2000. The molecule has 0 bridgehead atoms. The van der Waals surface area contributed by atoms with Gasteiger partial charge in [0.05, 0.1) is 11.4 Å². The van der Waals surface area contributed by atoms with Gasteiger partial charge in [-0.1, -0.05) is 12.1 Å². The number of halogens is 2. The number of rotatable bonds is 7. The van der Waals surface area contributed by atoms with Crippen LogP contribution in [0.4, 0.5) is 8.78 Å². The van der Waals surface area contributed by atoms with Gasteiger partial charge >= 0.3 is 0 Å². The fourth-order valence-corrected chi connectivity index (χ4v) is 5.96. The van der Waals surface area contributed by atoms with Crippen LogP contribution in [0.25, 0.3) is 22.0 Å². The average molecular weight is 576 g/mol. The van der Waals surface area contributed by atoms with Gasteiger partial charge in [-0.25, -0.2) is 21.9 Å². The Labute approximate surface area is 233 Å². The molecule has 1 aliphatic rings. The van der Waals surface area contributed by atoms with Gasteiger partial charge in [0.1, 0.15) is 23.1 Å². The summed E-state index contributed by atoms with van der Waals surface area (Å²) in [7, 11) is -4.42. The van der Waals surface area contributed by atoms with E-state index in [9.17, 15) is 31.9 Å². The predicted molar refractivity (Wildman–Crippen MR) is 148 cm³/mol. The highest BCUT2D eigenvalue weighted by atomic mass is 32.2. The summed E-state index contributed by atoms with van der Waals surface area (Å²) < 4.78 is 58.4. The Morgan fingerprint density at radius 2 is 1.78 bits per heavy atom. The van der Waals surface area contributed by atoms with Crippen LogP contribution in [0, 0.1) is 11.6 Å². The van der Waals surface area contributed by atoms with Crippen LogP contribution >= 0.6 is 0 Å². The normalized spacial score (nSPS) is 13.4. The summed E-state index contributed by atoms with van der Waals surface area (Å²) in [5.74, 6) is -2.50. The molecule has 2 aromatic heterocycles. The number of carbonyl (C=O) groups is 1. The first-order chi connectivity index (χ1) is 19.6. The molecule has 41 heavy (non-hydrogen) atoms. The third-order valence-electron chi connectivity index (χ3n) is 7.16. The third kappa shape index (κ3) is 5.00. The molecule has 5 aromatic rings. The van der Waals surface area contributed by atoms with Crippen LogP contribution < -0.4 is 10.3 Å². The number of aromatic amines is 1. The van der Waals surface area contributed by atoms with Crippen molar-refractivity contribution in [3.8, 4) is 16.9 Å². The van der Waals surface area contributed by atoms with Gasteiger partial charge in [0.15, 0.2) is 0 Å². The molecule has 1 aliphatic carbocycles. The monoisotopic (exact) mass is 575 g/mol. The summed E-state index contributed by atoms with van der Waals surface area (Å²) in [5.41, 5.74) is 1.13. The Morgan fingerprint density at radius 1 is 1.02 bits per heavy atom. The number of aromatic nitrogens is 2. The molecule has 1 fully saturated rings. The number of hydrogen-bond acceptors (Lipinski definition) is 5. The molecular formula is C30H23F2N3O5S. The zero-order chi connectivity index (χ0) is 28.9. The summed E-state index contributed by atoms with van der Waals surface area (Å²) in [6.45, 7) is -0.252. The largest absolute Gasteiger partial charge is 0.508 e. The van der Waals surface area contributed by atoms with Gasteiger partial charge in [0.25, 0.3) is 21.5 Å². The van der Waals surface area contributed by atoms with E-state index in [0.717, 1.165) is 42.7 Å². The van der Waals surface area contributed by atoms with Crippen LogP contribution in [0.2, 0.25) is 0 Å². The number of pyridine rings is 1. The second kappa shape index (κ2) is 10.0. The van der Waals surface area contributed by atoms with E-state index in [-0.39, 0.29) is 39.6 Å². The summed E-state index contributed by atoms with van der Waals surface area (Å²) >= 11 is 0. The second-order valence-corrected chi connectivity index (χ2v) is 11.6. The Balaban J connectivity index is 1.60. The van der Waals surface area contributed by atoms with Crippen LogP contribution in [-0.4, -0.2) is 29.0 Å². The third-order valence-corrected chi connectivity index (χ3v) is 8.50. The molecule has 6 rings (SSSR count). The van der Waals surface area contributed by atoms with Crippen LogP contribution in [0.3, 0.4) is 0 Å². The minimum atomic E-state index is -4.42. The minimum absolute atomic E-state index is 0.0542. The van der Waals surface area contributed by atoms with Crippen molar-refractivity contribution in [2.45, 2.75) is 30.2 Å².